The van der Waals surface area contributed by atoms with Crippen LogP contribution in [0.1, 0.15) is 52.9 Å². The van der Waals surface area contributed by atoms with Crippen molar-refractivity contribution in [1.29, 1.82) is 0 Å². The Kier molecular flexibility index (Phi) is 11.5. The molecule has 1 amide bonds. The molecule has 5 nitrogen and oxygen atoms in total. The fourth-order valence-corrected chi connectivity index (χ4v) is 2.65. The van der Waals surface area contributed by atoms with Crippen LogP contribution in [0.3, 0.4) is 0 Å². The third-order valence-corrected chi connectivity index (χ3v) is 3.86. The van der Waals surface area contributed by atoms with Gasteiger partial charge in [-0.2, -0.15) is 27.0 Å². The molecule has 1 aliphatic heterocycles. The molecule has 1 saturated heterocycles. The number of amides is 1. The van der Waals surface area contributed by atoms with E-state index in [4.69, 9.17) is 11.5 Å². The van der Waals surface area contributed by atoms with Crippen LogP contribution >= 0.6 is 27.0 Å². The smallest absolute Gasteiger partial charge is 0.240 e. The molecule has 7 heteroatoms. The van der Waals surface area contributed by atoms with Crippen LogP contribution in [0.4, 0.5) is 0 Å². The number of carbonyl (C=O) groups excluding carboxylic acids is 2. The van der Waals surface area contributed by atoms with Gasteiger partial charge < -0.3 is 16.4 Å². The highest BCUT2D eigenvalue weighted by atomic mass is 32.1. The molecule has 0 aromatic heterocycles. The van der Waals surface area contributed by atoms with E-state index in [1.807, 2.05) is 20.8 Å². The number of nitrogens with zero attached hydrogens (tertiary/aromatic N) is 1. The molecule has 0 radical (unpaired) electrons. The van der Waals surface area contributed by atoms with E-state index in [1.54, 1.807) is 4.90 Å². The van der Waals surface area contributed by atoms with Gasteiger partial charge in [0.2, 0.25) is 5.91 Å². The van der Waals surface area contributed by atoms with Gasteiger partial charge in [0, 0.05) is 12.0 Å². The summed E-state index contributed by atoms with van der Waals surface area (Å²) in [7, 11) is 0. The van der Waals surface area contributed by atoms with Crippen LogP contribution in [0.2, 0.25) is 0 Å². The number of carbonyl (C=O) groups is 2. The third kappa shape index (κ3) is 6.48. The summed E-state index contributed by atoms with van der Waals surface area (Å²) in [6.45, 7) is 6.97. The first-order valence-electron chi connectivity index (χ1n) is 7.59. The Morgan fingerprint density at radius 3 is 2.32 bits per heavy atom. The van der Waals surface area contributed by atoms with Gasteiger partial charge in [-0.1, -0.05) is 27.2 Å². The van der Waals surface area contributed by atoms with Crippen molar-refractivity contribution in [2.75, 3.05) is 13.1 Å². The minimum absolute atomic E-state index is 0. The molecule has 0 aliphatic carbocycles. The fraction of sp³-hybridized carbons (Fsp3) is 0.867. The molecule has 2 atom stereocenters. The molecule has 132 valence electrons. The van der Waals surface area contributed by atoms with Crippen molar-refractivity contribution in [1.82, 2.24) is 4.90 Å². The molecule has 22 heavy (non-hydrogen) atoms. The van der Waals surface area contributed by atoms with Gasteiger partial charge in [0.15, 0.2) is 5.78 Å². The molecule has 1 fully saturated rings. The predicted molar refractivity (Wildman–Crippen MR) is 101 cm³/mol. The highest BCUT2D eigenvalue weighted by Crippen LogP contribution is 2.27. The van der Waals surface area contributed by atoms with Gasteiger partial charge in [0.1, 0.15) is 0 Å². The minimum Gasteiger partial charge on any atom is -0.331 e. The molecule has 0 bridgehead atoms. The Hall–Kier alpha value is -0.240. The van der Waals surface area contributed by atoms with Crippen LogP contribution in [-0.2, 0) is 9.59 Å². The molecule has 0 aromatic rings. The normalized spacial score (nSPS) is 19.1. The van der Waals surface area contributed by atoms with E-state index in [-0.39, 0.29) is 44.7 Å². The zero-order chi connectivity index (χ0) is 15.3. The molecule has 1 aliphatic rings. The summed E-state index contributed by atoms with van der Waals surface area (Å²) < 4.78 is 0. The largest absolute Gasteiger partial charge is 0.331 e. The number of ketones is 1. The van der Waals surface area contributed by atoms with Crippen LogP contribution < -0.4 is 11.5 Å². The summed E-state index contributed by atoms with van der Waals surface area (Å²) in [4.78, 5) is 26.5. The van der Waals surface area contributed by atoms with E-state index in [9.17, 15) is 9.59 Å². The van der Waals surface area contributed by atoms with Crippen LogP contribution in [0.5, 0.6) is 0 Å². The van der Waals surface area contributed by atoms with E-state index in [0.29, 0.717) is 19.5 Å². The summed E-state index contributed by atoms with van der Waals surface area (Å²) in [6, 6.07) is -0.794. The zero-order valence-corrected chi connectivity index (χ0v) is 16.0. The number of hydrogen-bond donors (Lipinski definition) is 2. The molecular formula is C15H33N3O2S2. The number of hydrogen-bond acceptors (Lipinski definition) is 4. The minimum atomic E-state index is -0.505. The lowest BCUT2D eigenvalue weighted by atomic mass is 9.85. The summed E-state index contributed by atoms with van der Waals surface area (Å²) in [6.07, 6.45) is 4.02. The Labute approximate surface area is 148 Å². The quantitative estimate of drug-likeness (QED) is 0.705. The number of Topliss-reactive ketones (excluding diaryl/α,β-unsaturated/α-hetero) is 1. The van der Waals surface area contributed by atoms with Crippen LogP contribution in [0.25, 0.3) is 0 Å². The average Bonchev–Trinajstić information content (AvgIpc) is 2.84. The first-order chi connectivity index (χ1) is 9.29. The molecule has 0 unspecified atom stereocenters. The lowest BCUT2D eigenvalue weighted by molar-refractivity contribution is -0.141. The van der Waals surface area contributed by atoms with Crippen molar-refractivity contribution < 1.29 is 9.59 Å². The number of likely N-dealkylation sites (tertiary alicyclic amines) is 1. The highest BCUT2D eigenvalue weighted by Gasteiger charge is 2.39. The second-order valence-electron chi connectivity index (χ2n) is 6.69. The third-order valence-electron chi connectivity index (χ3n) is 3.86. The van der Waals surface area contributed by atoms with Crippen molar-refractivity contribution in [3.63, 3.8) is 0 Å². The maximum absolute atomic E-state index is 12.4. The summed E-state index contributed by atoms with van der Waals surface area (Å²) >= 11 is 0. The van der Waals surface area contributed by atoms with Gasteiger partial charge in [-0.25, -0.2) is 0 Å². The van der Waals surface area contributed by atoms with E-state index >= 15 is 0 Å². The van der Waals surface area contributed by atoms with Crippen molar-refractivity contribution in [2.45, 2.75) is 65.0 Å². The molecule has 0 aromatic carbocycles. The van der Waals surface area contributed by atoms with Crippen molar-refractivity contribution in [3.05, 3.63) is 0 Å². The Morgan fingerprint density at radius 1 is 1.23 bits per heavy atom. The van der Waals surface area contributed by atoms with Gasteiger partial charge in [0.05, 0.1) is 12.1 Å². The number of unbranched alkanes of at least 4 members (excludes halogenated alkanes) is 1. The van der Waals surface area contributed by atoms with Crippen LogP contribution in [0, 0.1) is 5.41 Å². The topological polar surface area (TPSA) is 89.4 Å². The van der Waals surface area contributed by atoms with E-state index in [2.05, 4.69) is 0 Å². The Morgan fingerprint density at radius 2 is 1.82 bits per heavy atom. The lowest BCUT2D eigenvalue weighted by Gasteiger charge is -2.30. The van der Waals surface area contributed by atoms with Gasteiger partial charge in [0.25, 0.3) is 0 Å². The summed E-state index contributed by atoms with van der Waals surface area (Å²) in [5, 5.41) is 0. The monoisotopic (exact) mass is 351 g/mol. The summed E-state index contributed by atoms with van der Waals surface area (Å²) in [5.41, 5.74) is 11.0. The van der Waals surface area contributed by atoms with Gasteiger partial charge >= 0.3 is 0 Å². The zero-order valence-electron chi connectivity index (χ0n) is 14.0. The SMILES string of the molecule is CC(C)(C)C(=O)[C@@H]1CCCN1C(=O)[C@@H](N)CCCCN.S.S. The molecular weight excluding hydrogens is 318 g/mol. The Balaban J connectivity index is 0. The highest BCUT2D eigenvalue weighted by molar-refractivity contribution is 7.59. The maximum Gasteiger partial charge on any atom is 0.240 e. The van der Waals surface area contributed by atoms with Crippen molar-refractivity contribution >= 4 is 38.7 Å². The first kappa shape index (κ1) is 24.0. The fourth-order valence-electron chi connectivity index (χ4n) is 2.65. The first-order valence-corrected chi connectivity index (χ1v) is 7.59. The van der Waals surface area contributed by atoms with Gasteiger partial charge in [-0.05, 0) is 32.2 Å². The molecule has 1 heterocycles. The standard InChI is InChI=1S/C15H29N3O2.2H2S/c1-15(2,3)13(19)12-8-6-10-18(12)14(20)11(17)7-4-5-9-16;;/h11-12H,4-10,16-17H2,1-3H3;2*1H2/t11-,12-;;/m0../s1. The van der Waals surface area contributed by atoms with Crippen LogP contribution in [0.15, 0.2) is 0 Å². The van der Waals surface area contributed by atoms with Crippen molar-refractivity contribution in [2.24, 2.45) is 16.9 Å². The molecule has 0 spiro atoms. The summed E-state index contributed by atoms with van der Waals surface area (Å²) in [5.74, 6) is 0.0552. The maximum atomic E-state index is 12.4. The average molecular weight is 352 g/mol. The molecule has 4 N–H and O–H groups in total. The van der Waals surface area contributed by atoms with Crippen molar-refractivity contribution in [3.8, 4) is 0 Å². The number of rotatable bonds is 6. The number of nitrogens with two attached hydrogens (primary N) is 2. The van der Waals surface area contributed by atoms with E-state index < -0.39 is 11.5 Å². The predicted octanol–water partition coefficient (Wildman–Crippen LogP) is 1.27. The van der Waals surface area contributed by atoms with Gasteiger partial charge in [-0.15, -0.1) is 0 Å². The van der Waals surface area contributed by atoms with Gasteiger partial charge in [-0.3, -0.25) is 9.59 Å². The lowest BCUT2D eigenvalue weighted by Crippen LogP contribution is -2.50. The second kappa shape index (κ2) is 10.5. The second-order valence-corrected chi connectivity index (χ2v) is 6.69. The van der Waals surface area contributed by atoms with E-state index in [1.165, 1.54) is 0 Å². The molecule has 0 saturated carbocycles. The Bertz CT molecular complexity index is 359. The van der Waals surface area contributed by atoms with E-state index in [0.717, 1.165) is 25.7 Å². The molecule has 1 rings (SSSR count). The van der Waals surface area contributed by atoms with Crippen LogP contribution in [-0.4, -0.2) is 41.8 Å².